The highest BCUT2D eigenvalue weighted by molar-refractivity contribution is 7.80. The molecule has 4 N–H and O–H groups in total. The van der Waals surface area contributed by atoms with Gasteiger partial charge in [0.15, 0.2) is 0 Å². The van der Waals surface area contributed by atoms with Crippen molar-refractivity contribution in [2.45, 2.75) is 0 Å². The molecular weight excluding hydrogens is 260 g/mol. The fourth-order valence-corrected chi connectivity index (χ4v) is 1.69. The van der Waals surface area contributed by atoms with Crippen molar-refractivity contribution in [1.82, 2.24) is 0 Å². The molecule has 0 fully saturated rings. The van der Waals surface area contributed by atoms with Crippen LogP contribution in [0.5, 0.6) is 5.75 Å². The van der Waals surface area contributed by atoms with Gasteiger partial charge in [0.1, 0.15) is 10.7 Å². The summed E-state index contributed by atoms with van der Waals surface area (Å²) in [5, 5.41) is 11.9. The van der Waals surface area contributed by atoms with Gasteiger partial charge in [0.05, 0.1) is 0 Å². The van der Waals surface area contributed by atoms with E-state index in [4.69, 9.17) is 23.1 Å². The Hall–Kier alpha value is -2.40. The van der Waals surface area contributed by atoms with Gasteiger partial charge in [0.2, 0.25) is 0 Å². The number of carbonyl (C=O) groups excluding carboxylic acids is 1. The molecule has 2 aromatic rings. The third-order valence-corrected chi connectivity index (χ3v) is 2.77. The summed E-state index contributed by atoms with van der Waals surface area (Å²) in [5.41, 5.74) is 7.30. The maximum absolute atomic E-state index is 11.9. The van der Waals surface area contributed by atoms with Crippen LogP contribution in [0.3, 0.4) is 0 Å². The first kappa shape index (κ1) is 13.0. The summed E-state index contributed by atoms with van der Waals surface area (Å²) in [5.74, 6) is -0.146. The molecule has 2 aromatic carbocycles. The summed E-state index contributed by atoms with van der Waals surface area (Å²) in [7, 11) is 0. The molecule has 0 unspecified atom stereocenters. The van der Waals surface area contributed by atoms with Crippen molar-refractivity contribution in [3.05, 3.63) is 59.7 Å². The largest absolute Gasteiger partial charge is 0.508 e. The summed E-state index contributed by atoms with van der Waals surface area (Å²) in [6.07, 6.45) is 0. The number of aromatic hydroxyl groups is 1. The Morgan fingerprint density at radius 2 is 1.79 bits per heavy atom. The van der Waals surface area contributed by atoms with Crippen LogP contribution in [0.2, 0.25) is 0 Å². The average Bonchev–Trinajstić information content (AvgIpc) is 2.39. The SMILES string of the molecule is NC(=S)c1cccc(NC(=O)c2ccc(O)cc2)c1. The first-order chi connectivity index (χ1) is 9.06. The predicted molar refractivity (Wildman–Crippen MR) is 78.4 cm³/mol. The van der Waals surface area contributed by atoms with Gasteiger partial charge >= 0.3 is 0 Å². The Bertz CT molecular complexity index is 624. The van der Waals surface area contributed by atoms with Gasteiger partial charge in [-0.2, -0.15) is 0 Å². The molecule has 0 aliphatic rings. The van der Waals surface area contributed by atoms with Crippen molar-refractivity contribution in [3.63, 3.8) is 0 Å². The standard InChI is InChI=1S/C14H12N2O2S/c15-13(19)10-2-1-3-11(8-10)16-14(18)9-4-6-12(17)7-5-9/h1-8,17H,(H2,15,19)(H,16,18). The quantitative estimate of drug-likeness (QED) is 0.749. The van der Waals surface area contributed by atoms with Gasteiger partial charge in [-0.1, -0.05) is 24.4 Å². The smallest absolute Gasteiger partial charge is 0.255 e. The molecule has 0 aliphatic heterocycles. The number of hydrogen-bond acceptors (Lipinski definition) is 3. The maximum atomic E-state index is 11.9. The highest BCUT2D eigenvalue weighted by Crippen LogP contribution is 2.14. The van der Waals surface area contributed by atoms with Gasteiger partial charge < -0.3 is 16.2 Å². The minimum atomic E-state index is -0.264. The highest BCUT2D eigenvalue weighted by Gasteiger charge is 2.06. The number of hydrogen-bond donors (Lipinski definition) is 3. The zero-order valence-corrected chi connectivity index (χ0v) is 10.8. The summed E-state index contributed by atoms with van der Waals surface area (Å²) in [6.45, 7) is 0. The van der Waals surface area contributed by atoms with E-state index in [1.54, 1.807) is 36.4 Å². The zero-order valence-electron chi connectivity index (χ0n) is 9.96. The molecule has 0 heterocycles. The van der Waals surface area contributed by atoms with Crippen LogP contribution in [0.4, 0.5) is 5.69 Å². The lowest BCUT2D eigenvalue weighted by molar-refractivity contribution is 0.102. The molecular formula is C14H12N2O2S. The lowest BCUT2D eigenvalue weighted by Crippen LogP contribution is -2.13. The molecule has 0 aliphatic carbocycles. The second-order valence-corrected chi connectivity index (χ2v) is 4.39. The number of rotatable bonds is 3. The van der Waals surface area contributed by atoms with E-state index in [-0.39, 0.29) is 16.6 Å². The molecule has 5 heteroatoms. The first-order valence-corrected chi connectivity index (χ1v) is 5.97. The summed E-state index contributed by atoms with van der Waals surface area (Å²) in [4.78, 5) is 12.2. The molecule has 0 saturated carbocycles. The summed E-state index contributed by atoms with van der Waals surface area (Å²) in [6, 6.07) is 13.0. The van der Waals surface area contributed by atoms with Crippen LogP contribution in [-0.4, -0.2) is 16.0 Å². The highest BCUT2D eigenvalue weighted by atomic mass is 32.1. The van der Waals surface area contributed by atoms with Crippen molar-refractivity contribution < 1.29 is 9.90 Å². The second-order valence-electron chi connectivity index (χ2n) is 3.95. The Morgan fingerprint density at radius 3 is 2.42 bits per heavy atom. The molecule has 0 aromatic heterocycles. The molecule has 19 heavy (non-hydrogen) atoms. The maximum Gasteiger partial charge on any atom is 0.255 e. The number of amides is 1. The van der Waals surface area contributed by atoms with E-state index >= 15 is 0 Å². The van der Waals surface area contributed by atoms with E-state index in [1.807, 2.05) is 0 Å². The number of phenols is 1. The fraction of sp³-hybridized carbons (Fsp3) is 0. The number of anilines is 1. The third-order valence-electron chi connectivity index (χ3n) is 2.53. The predicted octanol–water partition coefficient (Wildman–Crippen LogP) is 2.28. The van der Waals surface area contributed by atoms with Crippen LogP contribution in [0.25, 0.3) is 0 Å². The Kier molecular flexibility index (Phi) is 3.77. The van der Waals surface area contributed by atoms with Gasteiger partial charge in [-0.3, -0.25) is 4.79 Å². The van der Waals surface area contributed by atoms with Gasteiger partial charge in [-0.25, -0.2) is 0 Å². The minimum Gasteiger partial charge on any atom is -0.508 e. The van der Waals surface area contributed by atoms with Crippen LogP contribution in [-0.2, 0) is 0 Å². The fourth-order valence-electron chi connectivity index (χ4n) is 1.57. The van der Waals surface area contributed by atoms with Crippen molar-refractivity contribution >= 4 is 28.8 Å². The van der Waals surface area contributed by atoms with E-state index in [0.717, 1.165) is 0 Å². The summed E-state index contributed by atoms with van der Waals surface area (Å²) < 4.78 is 0. The Balaban J connectivity index is 2.17. The number of carbonyl (C=O) groups is 1. The molecule has 1 amide bonds. The number of phenolic OH excluding ortho intramolecular Hbond substituents is 1. The van der Waals surface area contributed by atoms with Crippen LogP contribution >= 0.6 is 12.2 Å². The molecule has 2 rings (SSSR count). The van der Waals surface area contributed by atoms with E-state index in [2.05, 4.69) is 5.32 Å². The van der Waals surface area contributed by atoms with Crippen molar-refractivity contribution in [2.24, 2.45) is 5.73 Å². The van der Waals surface area contributed by atoms with E-state index in [0.29, 0.717) is 16.8 Å². The molecule has 0 spiro atoms. The summed E-state index contributed by atoms with van der Waals surface area (Å²) >= 11 is 4.88. The molecule has 4 nitrogen and oxygen atoms in total. The lowest BCUT2D eigenvalue weighted by Gasteiger charge is -2.07. The minimum absolute atomic E-state index is 0.118. The zero-order chi connectivity index (χ0) is 13.8. The number of thiocarbonyl (C=S) groups is 1. The van der Waals surface area contributed by atoms with Crippen molar-refractivity contribution in [2.75, 3.05) is 5.32 Å². The molecule has 0 saturated heterocycles. The van der Waals surface area contributed by atoms with Crippen LogP contribution in [0.1, 0.15) is 15.9 Å². The van der Waals surface area contributed by atoms with E-state index in [9.17, 15) is 4.79 Å². The average molecular weight is 272 g/mol. The van der Waals surface area contributed by atoms with Crippen LogP contribution in [0.15, 0.2) is 48.5 Å². The Morgan fingerprint density at radius 1 is 1.11 bits per heavy atom. The topological polar surface area (TPSA) is 75.3 Å². The van der Waals surface area contributed by atoms with Crippen LogP contribution < -0.4 is 11.1 Å². The molecule has 96 valence electrons. The Labute approximate surface area is 115 Å². The molecule has 0 radical (unpaired) electrons. The van der Waals surface area contributed by atoms with Gasteiger partial charge in [-0.05, 0) is 36.4 Å². The van der Waals surface area contributed by atoms with E-state index in [1.165, 1.54) is 12.1 Å². The van der Waals surface area contributed by atoms with Crippen molar-refractivity contribution in [3.8, 4) is 5.75 Å². The van der Waals surface area contributed by atoms with Gasteiger partial charge in [-0.15, -0.1) is 0 Å². The van der Waals surface area contributed by atoms with Crippen molar-refractivity contribution in [1.29, 1.82) is 0 Å². The monoisotopic (exact) mass is 272 g/mol. The normalized spacial score (nSPS) is 9.89. The lowest BCUT2D eigenvalue weighted by atomic mass is 10.1. The second kappa shape index (κ2) is 5.49. The van der Waals surface area contributed by atoms with Gasteiger partial charge in [0, 0.05) is 16.8 Å². The molecule has 0 atom stereocenters. The van der Waals surface area contributed by atoms with Gasteiger partial charge in [0.25, 0.3) is 5.91 Å². The molecule has 0 bridgehead atoms. The first-order valence-electron chi connectivity index (χ1n) is 5.56. The number of benzene rings is 2. The third kappa shape index (κ3) is 3.29. The van der Waals surface area contributed by atoms with E-state index < -0.39 is 0 Å². The number of nitrogens with one attached hydrogen (secondary N) is 1. The van der Waals surface area contributed by atoms with Crippen LogP contribution in [0, 0.1) is 0 Å². The number of nitrogens with two attached hydrogens (primary N) is 1.